The molecule has 0 heterocycles. The summed E-state index contributed by atoms with van der Waals surface area (Å²) >= 11 is 0. The molecule has 0 rings (SSSR count). The number of rotatable bonds is 10. The average Bonchev–Trinajstić information content (AvgIpc) is 2.20. The van der Waals surface area contributed by atoms with Crippen molar-refractivity contribution in [2.24, 2.45) is 0 Å². The maximum absolute atomic E-state index is 10.1. The Balaban J connectivity index is 2.93. The summed E-state index contributed by atoms with van der Waals surface area (Å²) in [6, 6.07) is 0. The number of hydrogen-bond donors (Lipinski definition) is 1. The van der Waals surface area contributed by atoms with Gasteiger partial charge in [0.2, 0.25) is 0 Å². The Kier molecular flexibility index (Phi) is 10.2. The minimum atomic E-state index is -0.862. The lowest BCUT2D eigenvalue weighted by Gasteiger charge is -2.04. The first-order chi connectivity index (χ1) is 7.27. The molecule has 5 heteroatoms. The molecule has 1 N–H and O–H groups in total. The molecular weight excluding hydrogens is 200 g/mol. The molecule has 0 bridgehead atoms. The van der Waals surface area contributed by atoms with E-state index in [0.29, 0.717) is 33.0 Å². The van der Waals surface area contributed by atoms with Crippen LogP contribution in [-0.2, 0) is 19.0 Å². The van der Waals surface area contributed by atoms with Crippen LogP contribution in [0.25, 0.3) is 0 Å². The van der Waals surface area contributed by atoms with Crippen LogP contribution in [0.2, 0.25) is 0 Å². The van der Waals surface area contributed by atoms with Gasteiger partial charge in [-0.2, -0.15) is 0 Å². The van der Waals surface area contributed by atoms with Crippen LogP contribution < -0.4 is 0 Å². The van der Waals surface area contributed by atoms with Gasteiger partial charge in [0.1, 0.15) is 6.61 Å². The number of terminal acetylenes is 1. The summed E-state index contributed by atoms with van der Waals surface area (Å²) in [5.74, 6) is 1.48. The Morgan fingerprint density at radius 1 is 1.07 bits per heavy atom. The molecule has 0 radical (unpaired) electrons. The molecule has 0 saturated carbocycles. The van der Waals surface area contributed by atoms with Crippen molar-refractivity contribution < 1.29 is 24.1 Å². The fourth-order valence-corrected chi connectivity index (χ4v) is 0.730. The van der Waals surface area contributed by atoms with Gasteiger partial charge in [0.05, 0.1) is 39.5 Å². The predicted octanol–water partition coefficient (Wildman–Crippen LogP) is 0.144. The van der Waals surface area contributed by atoms with Crippen molar-refractivity contribution in [2.75, 3.05) is 39.6 Å². The van der Waals surface area contributed by atoms with E-state index in [4.69, 9.17) is 25.7 Å². The molecule has 0 aliphatic rings. The van der Waals surface area contributed by atoms with E-state index in [-0.39, 0.29) is 13.0 Å². The van der Waals surface area contributed by atoms with Crippen molar-refractivity contribution in [2.45, 2.75) is 6.42 Å². The second kappa shape index (κ2) is 11.0. The van der Waals surface area contributed by atoms with Crippen molar-refractivity contribution in [1.82, 2.24) is 0 Å². The summed E-state index contributed by atoms with van der Waals surface area (Å²) in [6.45, 7) is 2.25. The van der Waals surface area contributed by atoms with Crippen molar-refractivity contribution in [3.8, 4) is 12.3 Å². The summed E-state index contributed by atoms with van der Waals surface area (Å²) in [6.07, 6.45) is 4.98. The highest BCUT2D eigenvalue weighted by Crippen LogP contribution is 1.84. The fraction of sp³-hybridized carbons (Fsp3) is 0.700. The van der Waals surface area contributed by atoms with E-state index in [1.165, 1.54) is 0 Å². The Hall–Kier alpha value is -1.09. The lowest BCUT2D eigenvalue weighted by atomic mass is 10.5. The third-order valence-electron chi connectivity index (χ3n) is 1.39. The number of carboxylic acids is 1. The molecule has 15 heavy (non-hydrogen) atoms. The van der Waals surface area contributed by atoms with Gasteiger partial charge in [-0.25, -0.2) is 0 Å². The van der Waals surface area contributed by atoms with Crippen molar-refractivity contribution in [1.29, 1.82) is 0 Å². The summed E-state index contributed by atoms with van der Waals surface area (Å²) < 4.78 is 15.1. The second-order valence-electron chi connectivity index (χ2n) is 2.63. The van der Waals surface area contributed by atoms with Gasteiger partial charge >= 0.3 is 5.97 Å². The molecule has 0 unspecified atom stereocenters. The van der Waals surface area contributed by atoms with Crippen LogP contribution >= 0.6 is 0 Å². The van der Waals surface area contributed by atoms with Gasteiger partial charge in [-0.05, 0) is 0 Å². The zero-order chi connectivity index (χ0) is 11.4. The molecule has 0 atom stereocenters. The van der Waals surface area contributed by atoms with Gasteiger partial charge in [-0.3, -0.25) is 4.79 Å². The quantitative estimate of drug-likeness (QED) is 0.416. The molecule has 0 spiro atoms. The van der Waals surface area contributed by atoms with E-state index in [2.05, 4.69) is 5.92 Å². The maximum Gasteiger partial charge on any atom is 0.305 e. The number of carboxylic acid groups (broad SMARTS) is 1. The van der Waals surface area contributed by atoms with Crippen LogP contribution in [0.1, 0.15) is 6.42 Å². The summed E-state index contributed by atoms with van der Waals surface area (Å²) in [7, 11) is 0. The summed E-state index contributed by atoms with van der Waals surface area (Å²) in [5, 5.41) is 8.29. The van der Waals surface area contributed by atoms with Crippen LogP contribution in [0, 0.1) is 12.3 Å². The SMILES string of the molecule is C#CCOCCOCCOCCC(=O)O. The molecule has 0 aromatic heterocycles. The van der Waals surface area contributed by atoms with Gasteiger partial charge in [0.15, 0.2) is 0 Å². The van der Waals surface area contributed by atoms with Gasteiger partial charge in [0, 0.05) is 0 Å². The highest BCUT2D eigenvalue weighted by molar-refractivity contribution is 5.66. The maximum atomic E-state index is 10.1. The molecule has 0 aromatic rings. The third-order valence-corrected chi connectivity index (χ3v) is 1.39. The van der Waals surface area contributed by atoms with Gasteiger partial charge in [-0.1, -0.05) is 5.92 Å². The number of ether oxygens (including phenoxy) is 3. The molecular formula is C10H16O5. The molecule has 0 fully saturated rings. The number of aliphatic carboxylic acids is 1. The largest absolute Gasteiger partial charge is 0.481 e. The predicted molar refractivity (Wildman–Crippen MR) is 53.5 cm³/mol. The van der Waals surface area contributed by atoms with Gasteiger partial charge in [-0.15, -0.1) is 6.42 Å². The fourth-order valence-electron chi connectivity index (χ4n) is 0.730. The molecule has 0 aliphatic heterocycles. The Labute approximate surface area is 89.3 Å². The molecule has 0 aliphatic carbocycles. The van der Waals surface area contributed by atoms with Crippen LogP contribution in [0.4, 0.5) is 0 Å². The summed E-state index contributed by atoms with van der Waals surface area (Å²) in [4.78, 5) is 10.1. The molecule has 0 amide bonds. The third kappa shape index (κ3) is 12.9. The van der Waals surface area contributed by atoms with E-state index in [1.807, 2.05) is 0 Å². The Morgan fingerprint density at radius 2 is 1.60 bits per heavy atom. The normalized spacial score (nSPS) is 9.80. The number of hydrogen-bond acceptors (Lipinski definition) is 4. The van der Waals surface area contributed by atoms with Gasteiger partial charge < -0.3 is 19.3 Å². The molecule has 0 aromatic carbocycles. The van der Waals surface area contributed by atoms with Crippen LogP contribution in [0.3, 0.4) is 0 Å². The lowest BCUT2D eigenvalue weighted by Crippen LogP contribution is -2.11. The minimum absolute atomic E-state index is 0.0191. The van der Waals surface area contributed by atoms with E-state index < -0.39 is 5.97 Å². The minimum Gasteiger partial charge on any atom is -0.481 e. The number of carbonyl (C=O) groups is 1. The second-order valence-corrected chi connectivity index (χ2v) is 2.63. The monoisotopic (exact) mass is 216 g/mol. The first kappa shape index (κ1) is 13.9. The van der Waals surface area contributed by atoms with E-state index >= 15 is 0 Å². The zero-order valence-corrected chi connectivity index (χ0v) is 8.61. The Bertz CT molecular complexity index is 196. The molecule has 86 valence electrons. The van der Waals surface area contributed by atoms with Crippen molar-refractivity contribution in [3.05, 3.63) is 0 Å². The highest BCUT2D eigenvalue weighted by atomic mass is 16.5. The standard InChI is InChI=1S/C10H16O5/c1-2-4-13-6-8-15-9-7-14-5-3-10(11)12/h1H,3-9H2,(H,11,12). The average molecular weight is 216 g/mol. The van der Waals surface area contributed by atoms with Crippen LogP contribution in [0.5, 0.6) is 0 Å². The van der Waals surface area contributed by atoms with Gasteiger partial charge in [0.25, 0.3) is 0 Å². The highest BCUT2D eigenvalue weighted by Gasteiger charge is 1.95. The Morgan fingerprint density at radius 3 is 2.13 bits per heavy atom. The van der Waals surface area contributed by atoms with Crippen molar-refractivity contribution in [3.63, 3.8) is 0 Å². The first-order valence-corrected chi connectivity index (χ1v) is 4.66. The molecule has 5 nitrogen and oxygen atoms in total. The summed E-state index contributed by atoms with van der Waals surface area (Å²) in [5.41, 5.74) is 0. The lowest BCUT2D eigenvalue weighted by molar-refractivity contribution is -0.138. The van der Waals surface area contributed by atoms with Crippen LogP contribution in [0.15, 0.2) is 0 Å². The van der Waals surface area contributed by atoms with E-state index in [9.17, 15) is 4.79 Å². The van der Waals surface area contributed by atoms with E-state index in [0.717, 1.165) is 0 Å². The smallest absolute Gasteiger partial charge is 0.305 e. The zero-order valence-electron chi connectivity index (χ0n) is 8.61. The van der Waals surface area contributed by atoms with E-state index in [1.54, 1.807) is 0 Å². The topological polar surface area (TPSA) is 65.0 Å². The molecule has 0 saturated heterocycles. The van der Waals surface area contributed by atoms with Crippen LogP contribution in [-0.4, -0.2) is 50.7 Å². The first-order valence-electron chi connectivity index (χ1n) is 4.66. The van der Waals surface area contributed by atoms with Crippen molar-refractivity contribution >= 4 is 5.97 Å².